The molecule has 4 nitrogen and oxygen atoms in total. The van der Waals surface area contributed by atoms with Crippen molar-refractivity contribution in [1.82, 2.24) is 0 Å². The van der Waals surface area contributed by atoms with E-state index < -0.39 is 5.97 Å². The van der Waals surface area contributed by atoms with Crippen molar-refractivity contribution >= 4 is 39.9 Å². The SMILES string of the molecule is CCCC1(CCC)c2cc(/C=C(\C#N)C(=O)O)ccc2-c2ccc(N(c3ccccc3)c3ccc4ccccc4c3)cc21. The first kappa shape index (κ1) is 28.0. The van der Waals surface area contributed by atoms with Gasteiger partial charge in [-0.25, -0.2) is 4.79 Å². The number of fused-ring (bicyclic) bond motifs is 4. The van der Waals surface area contributed by atoms with Gasteiger partial charge < -0.3 is 10.0 Å². The quantitative estimate of drug-likeness (QED) is 0.143. The Labute approximate surface area is 253 Å². The molecule has 43 heavy (non-hydrogen) atoms. The summed E-state index contributed by atoms with van der Waals surface area (Å²) in [7, 11) is 0. The molecular formula is C39H34N2O2. The average Bonchev–Trinajstić information content (AvgIpc) is 3.29. The summed E-state index contributed by atoms with van der Waals surface area (Å²) in [6.07, 6.45) is 5.45. The number of nitriles is 1. The highest BCUT2D eigenvalue weighted by atomic mass is 16.4. The molecule has 0 saturated heterocycles. The van der Waals surface area contributed by atoms with E-state index in [9.17, 15) is 15.2 Å². The van der Waals surface area contributed by atoms with Gasteiger partial charge in [-0.15, -0.1) is 0 Å². The van der Waals surface area contributed by atoms with Crippen LogP contribution < -0.4 is 4.90 Å². The second-order valence-corrected chi connectivity index (χ2v) is 11.3. The zero-order valence-corrected chi connectivity index (χ0v) is 24.5. The summed E-state index contributed by atoms with van der Waals surface area (Å²) in [6, 6.07) is 40.4. The Morgan fingerprint density at radius 3 is 2.02 bits per heavy atom. The second-order valence-electron chi connectivity index (χ2n) is 11.3. The van der Waals surface area contributed by atoms with E-state index in [-0.39, 0.29) is 11.0 Å². The standard InChI is InChI=1S/C39H34N2O2/c1-3-20-39(21-4-2)36-23-27(22-30(26-40)38(42)43)14-18-34(36)35-19-17-33(25-37(35)39)41(31-12-6-5-7-13-31)32-16-15-28-10-8-9-11-29(28)24-32/h5-19,22-25H,3-4,20-21H2,1-2H3,(H,42,43)/b30-22+. The van der Waals surface area contributed by atoms with Crippen LogP contribution >= 0.6 is 0 Å². The lowest BCUT2D eigenvalue weighted by atomic mass is 9.71. The highest BCUT2D eigenvalue weighted by molar-refractivity contribution is 5.97. The minimum atomic E-state index is -1.21. The van der Waals surface area contributed by atoms with Crippen molar-refractivity contribution in [3.8, 4) is 17.2 Å². The van der Waals surface area contributed by atoms with Crippen LogP contribution in [0.15, 0.2) is 115 Å². The summed E-state index contributed by atoms with van der Waals surface area (Å²) in [5.74, 6) is -1.21. The van der Waals surface area contributed by atoms with Crippen LogP contribution in [0, 0.1) is 11.3 Å². The molecule has 0 aliphatic heterocycles. The van der Waals surface area contributed by atoms with E-state index >= 15 is 0 Å². The fourth-order valence-electron chi connectivity index (χ4n) is 6.90. The molecule has 0 atom stereocenters. The van der Waals surface area contributed by atoms with Crippen LogP contribution in [0.3, 0.4) is 0 Å². The monoisotopic (exact) mass is 562 g/mol. The summed E-state index contributed by atoms with van der Waals surface area (Å²) in [5.41, 5.74) is 8.50. The molecule has 0 bridgehead atoms. The van der Waals surface area contributed by atoms with Crippen LogP contribution in [0.1, 0.15) is 56.2 Å². The van der Waals surface area contributed by atoms with E-state index in [0.717, 1.165) is 48.3 Å². The van der Waals surface area contributed by atoms with Crippen molar-refractivity contribution in [1.29, 1.82) is 5.26 Å². The van der Waals surface area contributed by atoms with Crippen molar-refractivity contribution in [3.63, 3.8) is 0 Å². The minimum Gasteiger partial charge on any atom is -0.477 e. The molecule has 1 N–H and O–H groups in total. The molecule has 1 aliphatic rings. The van der Waals surface area contributed by atoms with E-state index in [0.29, 0.717) is 0 Å². The zero-order valence-electron chi connectivity index (χ0n) is 24.5. The first-order valence-corrected chi connectivity index (χ1v) is 15.0. The molecule has 0 fully saturated rings. The van der Waals surface area contributed by atoms with Gasteiger partial charge in [-0.2, -0.15) is 5.26 Å². The average molecular weight is 563 g/mol. The predicted octanol–water partition coefficient (Wildman–Crippen LogP) is 10.2. The lowest BCUT2D eigenvalue weighted by molar-refractivity contribution is -0.132. The number of carboxylic acid groups (broad SMARTS) is 1. The van der Waals surface area contributed by atoms with Crippen molar-refractivity contribution in [2.24, 2.45) is 0 Å². The normalized spacial score (nSPS) is 13.3. The zero-order chi connectivity index (χ0) is 30.0. The van der Waals surface area contributed by atoms with Gasteiger partial charge in [0, 0.05) is 22.5 Å². The number of anilines is 3. The number of hydrogen-bond acceptors (Lipinski definition) is 3. The number of para-hydroxylation sites is 1. The third-order valence-electron chi connectivity index (χ3n) is 8.65. The molecule has 1 aliphatic carbocycles. The molecule has 5 aromatic rings. The molecule has 5 aromatic carbocycles. The highest BCUT2D eigenvalue weighted by Gasteiger charge is 2.42. The van der Waals surface area contributed by atoms with E-state index in [1.165, 1.54) is 39.1 Å². The lowest BCUT2D eigenvalue weighted by Gasteiger charge is -2.33. The third-order valence-corrected chi connectivity index (χ3v) is 8.65. The van der Waals surface area contributed by atoms with Gasteiger partial charge in [0.1, 0.15) is 11.6 Å². The second kappa shape index (κ2) is 11.6. The van der Waals surface area contributed by atoms with Crippen LogP contribution in [0.5, 0.6) is 0 Å². The molecule has 6 rings (SSSR count). The predicted molar refractivity (Wildman–Crippen MR) is 176 cm³/mol. The fourth-order valence-corrected chi connectivity index (χ4v) is 6.90. The number of nitrogens with zero attached hydrogens (tertiary/aromatic N) is 2. The van der Waals surface area contributed by atoms with Crippen LogP contribution in [0.4, 0.5) is 17.1 Å². The van der Waals surface area contributed by atoms with Crippen molar-refractivity contribution < 1.29 is 9.90 Å². The molecule has 0 heterocycles. The summed E-state index contributed by atoms with van der Waals surface area (Å²) in [4.78, 5) is 13.9. The summed E-state index contributed by atoms with van der Waals surface area (Å²) >= 11 is 0. The minimum absolute atomic E-state index is 0.213. The van der Waals surface area contributed by atoms with E-state index in [1.807, 2.05) is 18.2 Å². The van der Waals surface area contributed by atoms with Crippen LogP contribution in [-0.4, -0.2) is 11.1 Å². The Kier molecular flexibility index (Phi) is 7.57. The number of benzene rings is 5. The topological polar surface area (TPSA) is 64.3 Å². The molecule has 0 saturated carbocycles. The fraction of sp³-hybridized carbons (Fsp3) is 0.179. The van der Waals surface area contributed by atoms with Gasteiger partial charge in [-0.3, -0.25) is 0 Å². The Morgan fingerprint density at radius 2 is 1.35 bits per heavy atom. The molecule has 212 valence electrons. The molecule has 0 spiro atoms. The summed E-state index contributed by atoms with van der Waals surface area (Å²) in [5, 5.41) is 21.3. The number of hydrogen-bond donors (Lipinski definition) is 1. The molecule has 0 amide bonds. The number of aliphatic carboxylic acids is 1. The molecular weight excluding hydrogens is 528 g/mol. The maximum Gasteiger partial charge on any atom is 0.346 e. The summed E-state index contributed by atoms with van der Waals surface area (Å²) < 4.78 is 0. The van der Waals surface area contributed by atoms with Crippen molar-refractivity contribution in [2.75, 3.05) is 4.90 Å². The number of rotatable bonds is 9. The first-order valence-electron chi connectivity index (χ1n) is 15.0. The maximum absolute atomic E-state index is 11.6. The van der Waals surface area contributed by atoms with Crippen LogP contribution in [0.2, 0.25) is 0 Å². The Balaban J connectivity index is 1.55. The molecule has 0 unspecified atom stereocenters. The van der Waals surface area contributed by atoms with Crippen LogP contribution in [0.25, 0.3) is 28.0 Å². The van der Waals surface area contributed by atoms with Crippen LogP contribution in [-0.2, 0) is 10.2 Å². The van der Waals surface area contributed by atoms with Gasteiger partial charge in [0.15, 0.2) is 0 Å². The van der Waals surface area contributed by atoms with E-state index in [4.69, 9.17) is 0 Å². The lowest BCUT2D eigenvalue weighted by Crippen LogP contribution is -2.25. The third kappa shape index (κ3) is 4.98. The van der Waals surface area contributed by atoms with E-state index in [1.54, 1.807) is 0 Å². The molecule has 4 heteroatoms. The maximum atomic E-state index is 11.6. The summed E-state index contributed by atoms with van der Waals surface area (Å²) in [6.45, 7) is 4.46. The largest absolute Gasteiger partial charge is 0.477 e. The number of carboxylic acids is 1. The van der Waals surface area contributed by atoms with Crippen molar-refractivity contribution in [3.05, 3.63) is 131 Å². The molecule has 0 radical (unpaired) electrons. The molecule has 0 aromatic heterocycles. The van der Waals surface area contributed by atoms with Gasteiger partial charge in [0.25, 0.3) is 0 Å². The number of carbonyl (C=O) groups is 1. The van der Waals surface area contributed by atoms with Gasteiger partial charge in [-0.1, -0.05) is 99.5 Å². The van der Waals surface area contributed by atoms with Gasteiger partial charge >= 0.3 is 5.97 Å². The highest BCUT2D eigenvalue weighted by Crippen LogP contribution is 2.55. The smallest absolute Gasteiger partial charge is 0.346 e. The van der Waals surface area contributed by atoms with Gasteiger partial charge in [-0.05, 0) is 93.9 Å². The van der Waals surface area contributed by atoms with Gasteiger partial charge in [0.2, 0.25) is 0 Å². The van der Waals surface area contributed by atoms with Crippen molar-refractivity contribution in [2.45, 2.75) is 44.9 Å². The first-order chi connectivity index (χ1) is 21.0. The van der Waals surface area contributed by atoms with Gasteiger partial charge in [0.05, 0.1) is 0 Å². The Bertz CT molecular complexity index is 1890. The van der Waals surface area contributed by atoms with E-state index in [2.05, 4.69) is 116 Å². The Morgan fingerprint density at radius 1 is 0.744 bits per heavy atom. The Hall–Kier alpha value is -5.14.